The number of carbonyl (C=O) groups excluding carboxylic acids is 2. The molecule has 0 saturated heterocycles. The molecule has 6 heteroatoms. The number of carbonyl (C=O) groups is 2. The second kappa shape index (κ2) is 7.82. The number of nitrogens with one attached hydrogen (secondary N) is 2. The van der Waals surface area contributed by atoms with E-state index in [2.05, 4.69) is 15.8 Å². The highest BCUT2D eigenvalue weighted by Gasteiger charge is 2.29. The van der Waals surface area contributed by atoms with Crippen molar-refractivity contribution >= 4 is 23.2 Å². The highest BCUT2D eigenvalue weighted by Crippen LogP contribution is 2.30. The molecule has 2 aromatic carbocycles. The van der Waals surface area contributed by atoms with Crippen LogP contribution in [0.3, 0.4) is 0 Å². The average Bonchev–Trinajstić information content (AvgIpc) is 3.51. The predicted octanol–water partition coefficient (Wildman–Crippen LogP) is 3.20. The predicted molar refractivity (Wildman–Crippen MR) is 100 cm³/mol. The van der Waals surface area contributed by atoms with Crippen molar-refractivity contribution in [2.75, 3.05) is 12.4 Å². The molecule has 1 saturated carbocycles. The number of hydrogen-bond acceptors (Lipinski definition) is 4. The van der Waals surface area contributed by atoms with Gasteiger partial charge in [0.2, 0.25) is 5.91 Å². The first-order valence-corrected chi connectivity index (χ1v) is 8.47. The Morgan fingerprint density at radius 3 is 2.46 bits per heavy atom. The largest absolute Gasteiger partial charge is 0.497 e. The Morgan fingerprint density at radius 1 is 1.08 bits per heavy atom. The van der Waals surface area contributed by atoms with Crippen molar-refractivity contribution in [3.05, 3.63) is 59.7 Å². The van der Waals surface area contributed by atoms with Gasteiger partial charge in [-0.15, -0.1) is 0 Å². The van der Waals surface area contributed by atoms with E-state index in [-0.39, 0.29) is 17.7 Å². The molecule has 2 aromatic rings. The van der Waals surface area contributed by atoms with Crippen LogP contribution in [0, 0.1) is 5.92 Å². The van der Waals surface area contributed by atoms with E-state index in [1.54, 1.807) is 38.3 Å². The highest BCUT2D eigenvalue weighted by atomic mass is 16.5. The molecule has 3 rings (SSSR count). The van der Waals surface area contributed by atoms with Gasteiger partial charge in [0.15, 0.2) is 0 Å². The number of methoxy groups -OCH3 is 1. The molecule has 0 aliphatic heterocycles. The van der Waals surface area contributed by atoms with Gasteiger partial charge in [0, 0.05) is 17.2 Å². The number of nitrogens with zero attached hydrogens (tertiary/aromatic N) is 1. The van der Waals surface area contributed by atoms with E-state index in [1.807, 2.05) is 24.3 Å². The van der Waals surface area contributed by atoms with Crippen molar-refractivity contribution in [2.45, 2.75) is 19.8 Å². The summed E-state index contributed by atoms with van der Waals surface area (Å²) in [5.41, 5.74) is 5.24. The summed E-state index contributed by atoms with van der Waals surface area (Å²) < 4.78 is 5.07. The Morgan fingerprint density at radius 2 is 1.81 bits per heavy atom. The fraction of sp³-hybridized carbons (Fsp3) is 0.250. The van der Waals surface area contributed by atoms with Crippen molar-refractivity contribution in [3.63, 3.8) is 0 Å². The summed E-state index contributed by atoms with van der Waals surface area (Å²) in [6, 6.07) is 14.2. The van der Waals surface area contributed by atoms with Gasteiger partial charge in [0.25, 0.3) is 5.91 Å². The maximum atomic E-state index is 12.2. The molecule has 0 unspecified atom stereocenters. The fourth-order valence-electron chi connectivity index (χ4n) is 2.42. The van der Waals surface area contributed by atoms with E-state index < -0.39 is 0 Å². The zero-order valence-electron chi connectivity index (χ0n) is 14.8. The second-order valence-electron chi connectivity index (χ2n) is 6.21. The van der Waals surface area contributed by atoms with Crippen LogP contribution < -0.4 is 15.5 Å². The minimum absolute atomic E-state index is 0.0598. The van der Waals surface area contributed by atoms with E-state index in [1.165, 1.54) is 0 Å². The minimum atomic E-state index is -0.301. The lowest BCUT2D eigenvalue weighted by atomic mass is 10.1. The molecule has 1 fully saturated rings. The Kier molecular flexibility index (Phi) is 5.31. The molecule has 0 aromatic heterocycles. The number of ether oxygens (including phenoxy) is 1. The standard InChI is InChI=1S/C20H21N3O3/c1-13(22-23-20(25)15-8-10-18(26-2)11-9-15)16-4-3-5-17(12-16)21-19(24)14-6-7-14/h3-5,8-12,14H,6-7H2,1-2H3,(H,21,24)(H,23,25). The van der Waals surface area contributed by atoms with Gasteiger partial charge in [-0.3, -0.25) is 9.59 Å². The number of hydrogen-bond donors (Lipinski definition) is 2. The lowest BCUT2D eigenvalue weighted by Crippen LogP contribution is -2.19. The van der Waals surface area contributed by atoms with Crippen LogP contribution in [0.25, 0.3) is 0 Å². The van der Waals surface area contributed by atoms with Crippen molar-refractivity contribution in [1.29, 1.82) is 0 Å². The van der Waals surface area contributed by atoms with Gasteiger partial charge in [-0.05, 0) is 61.7 Å². The van der Waals surface area contributed by atoms with Crippen molar-refractivity contribution in [3.8, 4) is 5.75 Å². The smallest absolute Gasteiger partial charge is 0.271 e. The maximum absolute atomic E-state index is 12.2. The molecule has 0 atom stereocenters. The van der Waals surface area contributed by atoms with Crippen molar-refractivity contribution < 1.29 is 14.3 Å². The lowest BCUT2D eigenvalue weighted by molar-refractivity contribution is -0.117. The van der Waals surface area contributed by atoms with Gasteiger partial charge in [-0.25, -0.2) is 5.43 Å². The number of anilines is 1. The summed E-state index contributed by atoms with van der Waals surface area (Å²) >= 11 is 0. The molecule has 0 bridgehead atoms. The minimum Gasteiger partial charge on any atom is -0.497 e. The first-order chi connectivity index (χ1) is 12.6. The Labute approximate surface area is 152 Å². The summed E-state index contributed by atoms with van der Waals surface area (Å²) in [5.74, 6) is 0.596. The van der Waals surface area contributed by atoms with Crippen LogP contribution in [0.5, 0.6) is 5.75 Å². The second-order valence-corrected chi connectivity index (χ2v) is 6.21. The third-order valence-electron chi connectivity index (χ3n) is 4.17. The number of benzene rings is 2. The molecule has 0 spiro atoms. The molecular formula is C20H21N3O3. The van der Waals surface area contributed by atoms with Gasteiger partial charge in [0.05, 0.1) is 12.8 Å². The van der Waals surface area contributed by atoms with E-state index in [0.29, 0.717) is 17.0 Å². The zero-order valence-corrected chi connectivity index (χ0v) is 14.8. The molecule has 134 valence electrons. The molecule has 2 amide bonds. The molecule has 1 aliphatic carbocycles. The Hall–Kier alpha value is -3.15. The van der Waals surface area contributed by atoms with E-state index in [4.69, 9.17) is 4.74 Å². The molecule has 2 N–H and O–H groups in total. The summed E-state index contributed by atoms with van der Waals surface area (Å²) in [6.07, 6.45) is 1.92. The van der Waals surface area contributed by atoms with Gasteiger partial charge >= 0.3 is 0 Å². The topological polar surface area (TPSA) is 79.8 Å². The van der Waals surface area contributed by atoms with Gasteiger partial charge in [0.1, 0.15) is 5.75 Å². The van der Waals surface area contributed by atoms with Crippen LogP contribution in [-0.2, 0) is 4.79 Å². The number of amides is 2. The quantitative estimate of drug-likeness (QED) is 0.619. The first kappa shape index (κ1) is 17.7. The molecule has 0 radical (unpaired) electrons. The van der Waals surface area contributed by atoms with Crippen molar-refractivity contribution in [1.82, 2.24) is 5.43 Å². The summed E-state index contributed by atoms with van der Waals surface area (Å²) in [7, 11) is 1.57. The molecule has 6 nitrogen and oxygen atoms in total. The molecular weight excluding hydrogens is 330 g/mol. The first-order valence-electron chi connectivity index (χ1n) is 8.47. The SMILES string of the molecule is COc1ccc(C(=O)NN=C(C)c2cccc(NC(=O)C3CC3)c2)cc1. The van der Waals surface area contributed by atoms with Gasteiger partial charge in [-0.2, -0.15) is 5.10 Å². The van der Waals surface area contributed by atoms with Crippen LogP contribution in [0.4, 0.5) is 5.69 Å². The maximum Gasteiger partial charge on any atom is 0.271 e. The normalized spacial score (nSPS) is 13.8. The molecule has 0 heterocycles. The van der Waals surface area contributed by atoms with E-state index in [0.717, 1.165) is 24.1 Å². The fourth-order valence-corrected chi connectivity index (χ4v) is 2.42. The van der Waals surface area contributed by atoms with E-state index >= 15 is 0 Å². The van der Waals surface area contributed by atoms with Crippen LogP contribution in [0.15, 0.2) is 53.6 Å². The molecule has 1 aliphatic rings. The Bertz CT molecular complexity index is 840. The Balaban J connectivity index is 1.64. The van der Waals surface area contributed by atoms with Crippen LogP contribution in [-0.4, -0.2) is 24.6 Å². The number of rotatable bonds is 6. The van der Waals surface area contributed by atoms with E-state index in [9.17, 15) is 9.59 Å². The average molecular weight is 351 g/mol. The summed E-state index contributed by atoms with van der Waals surface area (Å²) in [6.45, 7) is 1.80. The third kappa shape index (κ3) is 4.47. The lowest BCUT2D eigenvalue weighted by Gasteiger charge is -2.07. The molecule has 26 heavy (non-hydrogen) atoms. The van der Waals surface area contributed by atoms with Crippen LogP contribution in [0.2, 0.25) is 0 Å². The summed E-state index contributed by atoms with van der Waals surface area (Å²) in [4.78, 5) is 24.0. The highest BCUT2D eigenvalue weighted by molar-refractivity contribution is 6.02. The third-order valence-corrected chi connectivity index (χ3v) is 4.17. The van der Waals surface area contributed by atoms with Gasteiger partial charge < -0.3 is 10.1 Å². The summed E-state index contributed by atoms with van der Waals surface area (Å²) in [5, 5.41) is 7.06. The van der Waals surface area contributed by atoms with Crippen LogP contribution in [0.1, 0.15) is 35.7 Å². The number of hydrazone groups is 1. The zero-order chi connectivity index (χ0) is 18.5. The monoisotopic (exact) mass is 351 g/mol. The van der Waals surface area contributed by atoms with Gasteiger partial charge in [-0.1, -0.05) is 12.1 Å². The van der Waals surface area contributed by atoms with Crippen LogP contribution >= 0.6 is 0 Å². The van der Waals surface area contributed by atoms with Crippen molar-refractivity contribution in [2.24, 2.45) is 11.0 Å².